The summed E-state index contributed by atoms with van der Waals surface area (Å²) in [7, 11) is 0. The molecule has 0 aliphatic carbocycles. The van der Waals surface area contributed by atoms with Crippen LogP contribution in [0.15, 0.2) is 24.0 Å². The summed E-state index contributed by atoms with van der Waals surface area (Å²) in [5.41, 5.74) is 0. The van der Waals surface area contributed by atoms with E-state index >= 15 is 0 Å². The molecule has 1 rings (SSSR count). The topological polar surface area (TPSA) is 18.5 Å². The third-order valence-electron chi connectivity index (χ3n) is 2.33. The van der Waals surface area contributed by atoms with Gasteiger partial charge in [0.1, 0.15) is 0 Å². The highest BCUT2D eigenvalue weighted by Gasteiger charge is 2.16. The molecule has 0 aliphatic heterocycles. The quantitative estimate of drug-likeness (QED) is 0.518. The van der Waals surface area contributed by atoms with Gasteiger partial charge in [0.05, 0.1) is 19.9 Å². The number of benzene rings is 1. The van der Waals surface area contributed by atoms with Crippen molar-refractivity contribution in [3.8, 4) is 11.5 Å². The SMILES string of the molecule is FCCCOc1ccc(OCCC(F)=C(F)F)c(F)c1F. The van der Waals surface area contributed by atoms with Crippen molar-refractivity contribution in [2.24, 2.45) is 0 Å². The van der Waals surface area contributed by atoms with Crippen LogP contribution in [0.5, 0.6) is 11.5 Å². The van der Waals surface area contributed by atoms with Gasteiger partial charge in [0.25, 0.3) is 0 Å². The van der Waals surface area contributed by atoms with E-state index in [2.05, 4.69) is 4.74 Å². The summed E-state index contributed by atoms with van der Waals surface area (Å²) in [5.74, 6) is -5.40. The Balaban J connectivity index is 2.64. The van der Waals surface area contributed by atoms with Crippen LogP contribution in [0.3, 0.4) is 0 Å². The Bertz CT molecular complexity index is 500. The lowest BCUT2D eigenvalue weighted by Gasteiger charge is -2.10. The average Bonchev–Trinajstić information content (AvgIpc) is 2.45. The van der Waals surface area contributed by atoms with E-state index in [1.165, 1.54) is 0 Å². The number of hydrogen-bond donors (Lipinski definition) is 0. The second-order valence-electron chi connectivity index (χ2n) is 3.84. The zero-order valence-corrected chi connectivity index (χ0v) is 10.8. The van der Waals surface area contributed by atoms with Crippen molar-refractivity contribution in [2.45, 2.75) is 12.8 Å². The van der Waals surface area contributed by atoms with Gasteiger partial charge >= 0.3 is 6.08 Å². The first-order valence-corrected chi connectivity index (χ1v) is 5.96. The van der Waals surface area contributed by atoms with Crippen LogP contribution < -0.4 is 9.47 Å². The molecule has 8 heteroatoms. The standard InChI is InChI=1S/C13H12F6O2/c14-5-1-6-20-9-2-3-10(12(17)11(9)16)21-7-4-8(15)13(18)19/h2-3H,1,4-7H2. The van der Waals surface area contributed by atoms with Crippen molar-refractivity contribution in [1.82, 2.24) is 0 Å². The molecule has 0 spiro atoms. The number of rotatable bonds is 8. The van der Waals surface area contributed by atoms with Gasteiger partial charge in [-0.1, -0.05) is 0 Å². The lowest BCUT2D eigenvalue weighted by molar-refractivity contribution is 0.260. The fourth-order valence-electron chi connectivity index (χ4n) is 1.32. The van der Waals surface area contributed by atoms with Gasteiger partial charge in [-0.3, -0.25) is 4.39 Å². The molecule has 0 saturated carbocycles. The van der Waals surface area contributed by atoms with Crippen molar-refractivity contribution in [3.05, 3.63) is 35.7 Å². The van der Waals surface area contributed by atoms with Crippen LogP contribution in [0.4, 0.5) is 26.3 Å². The molecule has 0 bridgehead atoms. The maximum absolute atomic E-state index is 13.5. The third kappa shape index (κ3) is 5.20. The Morgan fingerprint density at radius 2 is 1.43 bits per heavy atom. The van der Waals surface area contributed by atoms with Crippen LogP contribution in [0.25, 0.3) is 0 Å². The fourth-order valence-corrected chi connectivity index (χ4v) is 1.32. The molecule has 0 N–H and O–H groups in total. The van der Waals surface area contributed by atoms with E-state index in [0.717, 1.165) is 12.1 Å². The van der Waals surface area contributed by atoms with Gasteiger partial charge in [-0.05, 0) is 12.1 Å². The van der Waals surface area contributed by atoms with Crippen LogP contribution in [-0.4, -0.2) is 19.9 Å². The van der Waals surface area contributed by atoms with Gasteiger partial charge in [0, 0.05) is 12.8 Å². The largest absolute Gasteiger partial charge is 0.490 e. The smallest absolute Gasteiger partial charge is 0.301 e. The van der Waals surface area contributed by atoms with E-state index in [1.54, 1.807) is 0 Å². The van der Waals surface area contributed by atoms with Crippen molar-refractivity contribution in [2.75, 3.05) is 19.9 Å². The van der Waals surface area contributed by atoms with Crippen LogP contribution in [0.1, 0.15) is 12.8 Å². The van der Waals surface area contributed by atoms with E-state index < -0.39 is 54.7 Å². The summed E-state index contributed by atoms with van der Waals surface area (Å²) in [6.07, 6.45) is -3.22. The summed E-state index contributed by atoms with van der Waals surface area (Å²) in [6.45, 7) is -1.37. The molecule has 0 fully saturated rings. The van der Waals surface area contributed by atoms with Gasteiger partial charge in [-0.15, -0.1) is 0 Å². The summed E-state index contributed by atoms with van der Waals surface area (Å²) in [6, 6.07) is 2.06. The number of ether oxygens (including phenoxy) is 2. The molecule has 1 aromatic rings. The van der Waals surface area contributed by atoms with Gasteiger partial charge in [0.2, 0.25) is 11.6 Å². The first kappa shape index (κ1) is 17.2. The maximum Gasteiger partial charge on any atom is 0.301 e. The summed E-state index contributed by atoms with van der Waals surface area (Å²) in [5, 5.41) is 0. The van der Waals surface area contributed by atoms with E-state index in [0.29, 0.717) is 0 Å². The molecule has 0 atom stereocenters. The van der Waals surface area contributed by atoms with E-state index in [9.17, 15) is 26.3 Å². The summed E-state index contributed by atoms with van der Waals surface area (Å²) < 4.78 is 84.4. The van der Waals surface area contributed by atoms with Gasteiger partial charge in [-0.25, -0.2) is 4.39 Å². The van der Waals surface area contributed by atoms with Crippen molar-refractivity contribution in [3.63, 3.8) is 0 Å². The molecule has 0 aliphatic rings. The van der Waals surface area contributed by atoms with Crippen molar-refractivity contribution in [1.29, 1.82) is 0 Å². The second-order valence-corrected chi connectivity index (χ2v) is 3.84. The van der Waals surface area contributed by atoms with Gasteiger partial charge in [0.15, 0.2) is 17.3 Å². The van der Waals surface area contributed by atoms with Crippen molar-refractivity contribution < 1.29 is 35.8 Å². The predicted molar refractivity (Wildman–Crippen MR) is 62.9 cm³/mol. The second kappa shape index (κ2) is 8.43. The normalized spacial score (nSPS) is 10.4. The molecule has 0 aromatic heterocycles. The average molecular weight is 314 g/mol. The minimum atomic E-state index is -2.48. The summed E-state index contributed by atoms with van der Waals surface area (Å²) in [4.78, 5) is 0. The minimum absolute atomic E-state index is 0.0275. The molecule has 0 heterocycles. The Hall–Kier alpha value is -1.86. The monoisotopic (exact) mass is 314 g/mol. The van der Waals surface area contributed by atoms with Crippen LogP contribution in [0, 0.1) is 11.6 Å². The molecule has 0 amide bonds. The molecule has 21 heavy (non-hydrogen) atoms. The first-order valence-electron chi connectivity index (χ1n) is 5.96. The Kier molecular flexibility index (Phi) is 6.90. The zero-order chi connectivity index (χ0) is 15.8. The molecule has 1 aromatic carbocycles. The molecule has 0 saturated heterocycles. The summed E-state index contributed by atoms with van der Waals surface area (Å²) >= 11 is 0. The molecule has 2 nitrogen and oxygen atoms in total. The van der Waals surface area contributed by atoms with Crippen LogP contribution in [0.2, 0.25) is 0 Å². The molecular formula is C13H12F6O2. The Morgan fingerprint density at radius 3 is 1.90 bits per heavy atom. The molecule has 0 unspecified atom stereocenters. The highest BCUT2D eigenvalue weighted by Crippen LogP contribution is 2.28. The highest BCUT2D eigenvalue weighted by atomic mass is 19.3. The lowest BCUT2D eigenvalue weighted by Crippen LogP contribution is -2.04. The maximum atomic E-state index is 13.5. The highest BCUT2D eigenvalue weighted by molar-refractivity contribution is 5.35. The van der Waals surface area contributed by atoms with E-state index in [4.69, 9.17) is 4.74 Å². The fraction of sp³-hybridized carbons (Fsp3) is 0.385. The Morgan fingerprint density at radius 1 is 0.905 bits per heavy atom. The van der Waals surface area contributed by atoms with Crippen molar-refractivity contribution >= 4 is 0 Å². The molecule has 118 valence electrons. The Labute approximate surface area is 117 Å². The third-order valence-corrected chi connectivity index (χ3v) is 2.33. The van der Waals surface area contributed by atoms with Crippen LogP contribution >= 0.6 is 0 Å². The van der Waals surface area contributed by atoms with E-state index in [-0.39, 0.29) is 13.0 Å². The zero-order valence-electron chi connectivity index (χ0n) is 10.8. The lowest BCUT2D eigenvalue weighted by atomic mass is 10.3. The molecule has 0 radical (unpaired) electrons. The van der Waals surface area contributed by atoms with E-state index in [1.807, 2.05) is 0 Å². The molecular weight excluding hydrogens is 302 g/mol. The first-order chi connectivity index (χ1) is 9.97. The number of halogens is 6. The van der Waals surface area contributed by atoms with Crippen LogP contribution in [-0.2, 0) is 0 Å². The van der Waals surface area contributed by atoms with Gasteiger partial charge in [-0.2, -0.15) is 17.6 Å². The number of hydrogen-bond acceptors (Lipinski definition) is 2. The van der Waals surface area contributed by atoms with Gasteiger partial charge < -0.3 is 9.47 Å². The number of alkyl halides is 1. The predicted octanol–water partition coefficient (Wildman–Crippen LogP) is 4.55. The minimum Gasteiger partial charge on any atom is -0.490 e.